The second kappa shape index (κ2) is 20.5. The summed E-state index contributed by atoms with van der Waals surface area (Å²) in [5.74, 6) is -8.28. The minimum Gasteiger partial charge on any atom is -0.507 e. The first-order chi connectivity index (χ1) is 29.8. The Bertz CT molecular complexity index is 2200. The van der Waals surface area contributed by atoms with Gasteiger partial charge < -0.3 is 49.8 Å². The molecule has 5 bridgehead atoms. The standard InChI is InChI=1S/C47H64N4O12.ClH/c1-24-13-12-14-25(2)46(59)49-37-32(23-48-51-20-18-50(19-21-51)31-15-10-11-16-31)41(56)34-35(42(37)57)40(55)29(6)44-36(34)45(58)47(8,63-44)61-22-17-33(60-9)26(3)43(62-30(7)52)28(5)39(54)27(4)38(24)53;/h12-14,17,22-24,26-28,31,33,38-39,43,53-57H,10-11,15-16,18-21H2,1-9H3,(H,49,59);1H/b13-12-,22-17-,25-14-,48-23-;/t24-,26+,27+,28+,33-,38-,39+,43+,47-;/m0./s1. The number of rotatable bonds is 5. The number of piperazine rings is 1. The first-order valence-electron chi connectivity index (χ1n) is 21.9. The summed E-state index contributed by atoms with van der Waals surface area (Å²) >= 11 is 0. The van der Waals surface area contributed by atoms with Crippen LogP contribution < -0.4 is 10.1 Å². The molecule has 1 saturated carbocycles. The Labute approximate surface area is 381 Å². The van der Waals surface area contributed by atoms with Gasteiger partial charge in [-0.1, -0.05) is 58.8 Å². The van der Waals surface area contributed by atoms with E-state index in [1.54, 1.807) is 39.8 Å². The van der Waals surface area contributed by atoms with Crippen LogP contribution in [0.3, 0.4) is 0 Å². The topological polar surface area (TPSA) is 220 Å². The number of nitrogens with zero attached hydrogens (tertiary/aromatic N) is 3. The number of aliphatic hydroxyl groups is 2. The number of amides is 1. The summed E-state index contributed by atoms with van der Waals surface area (Å²) in [4.78, 5) is 43.2. The molecule has 1 amide bonds. The monoisotopic (exact) mass is 912 g/mol. The second-order valence-electron chi connectivity index (χ2n) is 17.8. The normalized spacial score (nSPS) is 31.9. The minimum atomic E-state index is -2.04. The van der Waals surface area contributed by atoms with Crippen molar-refractivity contribution in [3.8, 4) is 23.0 Å². The first-order valence-corrected chi connectivity index (χ1v) is 21.9. The third-order valence-corrected chi connectivity index (χ3v) is 13.5. The molecule has 7 rings (SSSR count). The number of phenols is 3. The van der Waals surface area contributed by atoms with Crippen LogP contribution in [0.25, 0.3) is 10.8 Å². The predicted molar refractivity (Wildman–Crippen MR) is 244 cm³/mol. The molecule has 1 aliphatic carbocycles. The molecule has 16 nitrogen and oxygen atoms in total. The van der Waals surface area contributed by atoms with Crippen molar-refractivity contribution < 1.29 is 58.9 Å². The second-order valence-corrected chi connectivity index (χ2v) is 17.8. The van der Waals surface area contributed by atoms with E-state index >= 15 is 0 Å². The summed E-state index contributed by atoms with van der Waals surface area (Å²) in [5.41, 5.74) is -0.293. The lowest BCUT2D eigenvalue weighted by Gasteiger charge is -2.38. The van der Waals surface area contributed by atoms with E-state index in [4.69, 9.17) is 18.9 Å². The first kappa shape index (κ1) is 50.1. The van der Waals surface area contributed by atoms with Gasteiger partial charge in [-0.3, -0.25) is 24.3 Å². The Morgan fingerprint density at radius 2 is 1.58 bits per heavy atom. The van der Waals surface area contributed by atoms with Crippen molar-refractivity contribution in [2.45, 2.75) is 117 Å². The van der Waals surface area contributed by atoms with Crippen molar-refractivity contribution >= 4 is 52.7 Å². The zero-order valence-corrected chi connectivity index (χ0v) is 39.0. The van der Waals surface area contributed by atoms with Crippen molar-refractivity contribution in [3.05, 3.63) is 52.8 Å². The molecule has 2 fully saturated rings. The molecule has 5 aliphatic rings. The molecule has 6 N–H and O–H groups in total. The highest BCUT2D eigenvalue weighted by Crippen LogP contribution is 2.55. The number of aromatic hydroxyl groups is 3. The van der Waals surface area contributed by atoms with Gasteiger partial charge in [0.1, 0.15) is 23.4 Å². The van der Waals surface area contributed by atoms with Gasteiger partial charge in [-0.2, -0.15) is 5.10 Å². The minimum absolute atomic E-state index is 0. The number of halogens is 1. The Kier molecular flexibility index (Phi) is 16.1. The van der Waals surface area contributed by atoms with Gasteiger partial charge in [0, 0.05) is 93.4 Å². The molecule has 64 heavy (non-hydrogen) atoms. The third kappa shape index (κ3) is 9.86. The van der Waals surface area contributed by atoms with Gasteiger partial charge in [0.2, 0.25) is 0 Å². The van der Waals surface area contributed by atoms with Crippen molar-refractivity contribution in [1.82, 2.24) is 9.91 Å². The number of ketones is 1. The van der Waals surface area contributed by atoms with Crippen LogP contribution in [0.2, 0.25) is 0 Å². The van der Waals surface area contributed by atoms with E-state index in [-0.39, 0.29) is 56.9 Å². The van der Waals surface area contributed by atoms with Gasteiger partial charge in [-0.25, -0.2) is 0 Å². The van der Waals surface area contributed by atoms with Crippen LogP contribution in [0.1, 0.15) is 95.6 Å². The molecule has 0 spiro atoms. The number of anilines is 1. The summed E-state index contributed by atoms with van der Waals surface area (Å²) in [6, 6.07) is 0.553. The number of allylic oxidation sites excluding steroid dienone is 2. The Balaban J connectivity index is 0.00000771. The molecule has 1 saturated heterocycles. The van der Waals surface area contributed by atoms with E-state index in [1.165, 1.54) is 85.1 Å². The average molecular weight is 914 g/mol. The van der Waals surface area contributed by atoms with Crippen LogP contribution in [-0.4, -0.2) is 129 Å². The van der Waals surface area contributed by atoms with Crippen LogP contribution in [0, 0.1) is 30.6 Å². The van der Waals surface area contributed by atoms with Crippen molar-refractivity contribution in [3.63, 3.8) is 0 Å². The number of benzene rings is 2. The number of hydrazone groups is 1. The fraction of sp³-hybridized carbons (Fsp3) is 0.574. The number of fused-ring (bicyclic) bond motifs is 14. The van der Waals surface area contributed by atoms with Crippen LogP contribution >= 0.6 is 12.4 Å². The number of nitrogens with one attached hydrogen (secondary N) is 1. The number of hydrogen-bond donors (Lipinski definition) is 6. The number of aliphatic hydroxyl groups excluding tert-OH is 2. The lowest BCUT2D eigenvalue weighted by molar-refractivity contribution is -0.160. The lowest BCUT2D eigenvalue weighted by Crippen LogP contribution is -2.47. The van der Waals surface area contributed by atoms with Crippen LogP contribution in [0.4, 0.5) is 5.69 Å². The molecule has 17 heteroatoms. The Hall–Kier alpha value is -4.87. The summed E-state index contributed by atoms with van der Waals surface area (Å²) in [6.07, 6.45) is 9.75. The van der Waals surface area contributed by atoms with E-state index in [0.717, 1.165) is 13.1 Å². The van der Waals surface area contributed by atoms with Crippen molar-refractivity contribution in [1.29, 1.82) is 0 Å². The maximum Gasteiger partial charge on any atom is 0.312 e. The molecule has 352 valence electrons. The fourth-order valence-electron chi connectivity index (χ4n) is 9.47. The third-order valence-electron chi connectivity index (χ3n) is 13.5. The molecular weight excluding hydrogens is 848 g/mol. The van der Waals surface area contributed by atoms with Crippen molar-refractivity contribution in [2.24, 2.45) is 28.8 Å². The summed E-state index contributed by atoms with van der Waals surface area (Å²) < 4.78 is 23.7. The molecule has 0 aromatic heterocycles. The number of carbonyl (C=O) groups is 3. The fourth-order valence-corrected chi connectivity index (χ4v) is 9.47. The van der Waals surface area contributed by atoms with E-state index in [1.807, 2.05) is 5.01 Å². The van der Waals surface area contributed by atoms with E-state index in [9.17, 15) is 39.9 Å². The van der Waals surface area contributed by atoms with E-state index in [0.29, 0.717) is 19.1 Å². The molecule has 0 radical (unpaired) electrons. The van der Waals surface area contributed by atoms with E-state index < -0.39 is 88.8 Å². The largest absolute Gasteiger partial charge is 0.507 e. The van der Waals surface area contributed by atoms with Crippen LogP contribution in [0.15, 0.2) is 41.2 Å². The zero-order valence-electron chi connectivity index (χ0n) is 38.2. The summed E-state index contributed by atoms with van der Waals surface area (Å²) in [5, 5.41) is 67.6. The smallest absolute Gasteiger partial charge is 0.312 e. The molecule has 4 heterocycles. The number of methoxy groups -OCH3 is 1. The number of hydrogen-bond acceptors (Lipinski definition) is 15. The van der Waals surface area contributed by atoms with Gasteiger partial charge in [0.25, 0.3) is 11.7 Å². The van der Waals surface area contributed by atoms with Gasteiger partial charge >= 0.3 is 11.8 Å². The number of phenolic OH excluding ortho intramolecular Hbond substituents is 3. The number of esters is 1. The van der Waals surface area contributed by atoms with Crippen LogP contribution in [0.5, 0.6) is 23.0 Å². The van der Waals surface area contributed by atoms with Gasteiger partial charge in [-0.15, -0.1) is 12.4 Å². The van der Waals surface area contributed by atoms with Crippen molar-refractivity contribution in [2.75, 3.05) is 38.6 Å². The zero-order chi connectivity index (χ0) is 46.1. The average Bonchev–Trinajstić information content (AvgIpc) is 3.89. The van der Waals surface area contributed by atoms with E-state index in [2.05, 4.69) is 15.3 Å². The highest BCUT2D eigenvalue weighted by atomic mass is 35.5. The molecule has 2 aromatic carbocycles. The molecule has 4 aliphatic heterocycles. The summed E-state index contributed by atoms with van der Waals surface area (Å²) in [7, 11) is 1.44. The molecule has 0 unspecified atom stereocenters. The lowest BCUT2D eigenvalue weighted by atomic mass is 9.78. The SMILES string of the molecule is CO[C@H]1/C=C\O[C@@]2(C)Oc3c(C)c(O)c4c(O)c(c(/C=N\N5CCN(C6CCCC6)CC5)c(O)c4c3C2=O)NC(=O)/C(C)=C\C=C/[C@H](C)[C@H](O)[C@@H](C)[C@@H](O)[C@@H](C)[C@H](OC(C)=O)[C@@H]1C.Cl. The molecular formula is C47H65ClN4O12. The number of ether oxygens (including phenoxy) is 4. The highest BCUT2D eigenvalue weighted by Gasteiger charge is 2.50. The highest BCUT2D eigenvalue weighted by molar-refractivity contribution is 6.23. The number of Topliss-reactive ketones (excluding diaryl/α,β-unsaturated/α-hetero) is 1. The molecule has 9 atom stereocenters. The molecule has 2 aromatic rings. The quantitative estimate of drug-likeness (QED) is 0.0869. The maximum atomic E-state index is 14.5. The van der Waals surface area contributed by atoms with Crippen LogP contribution in [-0.2, 0) is 23.8 Å². The Morgan fingerprint density at radius 1 is 0.922 bits per heavy atom. The number of carbonyl (C=O) groups excluding carboxylic acids is 3. The van der Waals surface area contributed by atoms with Gasteiger partial charge in [0.15, 0.2) is 5.75 Å². The maximum absolute atomic E-state index is 14.5. The van der Waals surface area contributed by atoms with Gasteiger partial charge in [-0.05, 0) is 32.8 Å². The predicted octanol–water partition coefficient (Wildman–Crippen LogP) is 6.07. The van der Waals surface area contributed by atoms with Gasteiger partial charge in [0.05, 0.1) is 53.0 Å². The summed E-state index contributed by atoms with van der Waals surface area (Å²) in [6.45, 7) is 15.4. The Morgan fingerprint density at radius 3 is 2.20 bits per heavy atom.